The number of benzene rings is 1. The molecule has 1 aliphatic heterocycles. The summed E-state index contributed by atoms with van der Waals surface area (Å²) in [4.78, 5) is 27.1. The molecule has 4 heterocycles. The van der Waals surface area contributed by atoms with E-state index in [1.165, 1.54) is 0 Å². The number of pyridine rings is 1. The molecule has 28 heavy (non-hydrogen) atoms. The van der Waals surface area contributed by atoms with Gasteiger partial charge in [0.15, 0.2) is 5.65 Å². The zero-order chi connectivity index (χ0) is 19.1. The van der Waals surface area contributed by atoms with Gasteiger partial charge in [0.25, 0.3) is 5.91 Å². The Morgan fingerprint density at radius 1 is 1.29 bits per heavy atom. The van der Waals surface area contributed by atoms with Crippen LogP contribution in [0.2, 0.25) is 0 Å². The third-order valence-corrected chi connectivity index (χ3v) is 5.14. The van der Waals surface area contributed by atoms with Crippen LogP contribution in [0, 0.1) is 0 Å². The fraction of sp³-hybridized carbons (Fsp3) is 0.200. The topological polar surface area (TPSA) is 99.8 Å². The van der Waals surface area contributed by atoms with Gasteiger partial charge < -0.3 is 14.6 Å². The summed E-state index contributed by atoms with van der Waals surface area (Å²) in [6.07, 6.45) is 3.37. The lowest BCUT2D eigenvalue weighted by atomic mass is 9.90. The Kier molecular flexibility index (Phi) is 3.82. The van der Waals surface area contributed by atoms with Crippen LogP contribution >= 0.6 is 0 Å². The van der Waals surface area contributed by atoms with E-state index >= 15 is 0 Å². The van der Waals surface area contributed by atoms with Crippen LogP contribution in [0.3, 0.4) is 0 Å². The van der Waals surface area contributed by atoms with Gasteiger partial charge in [-0.3, -0.25) is 9.89 Å². The Morgan fingerprint density at radius 2 is 2.21 bits per heavy atom. The van der Waals surface area contributed by atoms with Crippen molar-refractivity contribution in [1.82, 2.24) is 30.0 Å². The molecule has 1 aliphatic rings. The minimum Gasteiger partial charge on any atom is -0.497 e. The lowest BCUT2D eigenvalue weighted by molar-refractivity contribution is 0.0716. The number of fused-ring (bicyclic) bond motifs is 2. The fourth-order valence-corrected chi connectivity index (χ4v) is 3.70. The summed E-state index contributed by atoms with van der Waals surface area (Å²) >= 11 is 0. The summed E-state index contributed by atoms with van der Waals surface area (Å²) in [5.41, 5.74) is 3.96. The van der Waals surface area contributed by atoms with Crippen molar-refractivity contribution in [3.05, 3.63) is 71.6 Å². The molecular formula is C20H18N6O2. The van der Waals surface area contributed by atoms with Crippen LogP contribution in [0.25, 0.3) is 11.0 Å². The van der Waals surface area contributed by atoms with Crippen molar-refractivity contribution in [3.63, 3.8) is 0 Å². The second-order valence-electron chi connectivity index (χ2n) is 6.79. The highest BCUT2D eigenvalue weighted by Crippen LogP contribution is 2.33. The van der Waals surface area contributed by atoms with Crippen molar-refractivity contribution in [1.29, 1.82) is 0 Å². The van der Waals surface area contributed by atoms with Gasteiger partial charge in [0.05, 0.1) is 37.6 Å². The maximum atomic E-state index is 13.2. The first kappa shape index (κ1) is 16.5. The number of ether oxygens (including phenoxy) is 1. The van der Waals surface area contributed by atoms with Gasteiger partial charge in [-0.2, -0.15) is 5.10 Å². The molecular weight excluding hydrogens is 356 g/mol. The molecule has 0 saturated heterocycles. The fourth-order valence-electron chi connectivity index (χ4n) is 3.70. The van der Waals surface area contributed by atoms with Crippen molar-refractivity contribution in [2.24, 2.45) is 0 Å². The quantitative estimate of drug-likeness (QED) is 0.574. The number of aromatic nitrogens is 5. The van der Waals surface area contributed by atoms with Gasteiger partial charge in [0.1, 0.15) is 11.4 Å². The Balaban J connectivity index is 1.50. The number of H-pyrrole nitrogens is 2. The van der Waals surface area contributed by atoms with E-state index in [1.54, 1.807) is 30.6 Å². The Morgan fingerprint density at radius 3 is 3.11 bits per heavy atom. The summed E-state index contributed by atoms with van der Waals surface area (Å²) < 4.78 is 5.36. The van der Waals surface area contributed by atoms with Crippen molar-refractivity contribution in [2.75, 3.05) is 13.7 Å². The van der Waals surface area contributed by atoms with Crippen LogP contribution in [0.5, 0.6) is 5.75 Å². The van der Waals surface area contributed by atoms with Crippen LogP contribution in [0.15, 0.2) is 48.9 Å². The standard InChI is InChI=1S/C20H18N6O2/c1-28-14-4-2-3-12(7-14)15-9-26(10-17-18(15)22-11-21-17)20(27)16-6-5-13-8-23-25-19(13)24-16/h2-8,11,15H,9-10H2,1H3,(H,21,22)(H,23,24,25). The highest BCUT2D eigenvalue weighted by atomic mass is 16.5. The van der Waals surface area contributed by atoms with E-state index < -0.39 is 0 Å². The zero-order valence-electron chi connectivity index (χ0n) is 15.2. The Hall–Kier alpha value is -3.68. The molecule has 0 saturated carbocycles. The predicted molar refractivity (Wildman–Crippen MR) is 102 cm³/mol. The van der Waals surface area contributed by atoms with Gasteiger partial charge >= 0.3 is 0 Å². The van der Waals surface area contributed by atoms with E-state index in [0.717, 1.165) is 28.1 Å². The largest absolute Gasteiger partial charge is 0.497 e. The van der Waals surface area contributed by atoms with Crippen LogP contribution < -0.4 is 4.74 Å². The van der Waals surface area contributed by atoms with Gasteiger partial charge in [-0.15, -0.1) is 0 Å². The number of methoxy groups -OCH3 is 1. The first-order valence-electron chi connectivity index (χ1n) is 8.98. The summed E-state index contributed by atoms with van der Waals surface area (Å²) in [5.74, 6) is 0.624. The first-order chi connectivity index (χ1) is 13.7. The molecule has 0 aliphatic carbocycles. The third-order valence-electron chi connectivity index (χ3n) is 5.14. The number of imidazole rings is 1. The van der Waals surface area contributed by atoms with Crippen molar-refractivity contribution < 1.29 is 9.53 Å². The SMILES string of the molecule is COc1cccc(C2CN(C(=O)c3ccc4cn[nH]c4n3)Cc3[nH]cnc32)c1. The van der Waals surface area contributed by atoms with Crippen LogP contribution in [0.4, 0.5) is 0 Å². The molecule has 8 nitrogen and oxygen atoms in total. The maximum Gasteiger partial charge on any atom is 0.272 e. The number of amides is 1. The normalized spacial score (nSPS) is 16.2. The number of nitrogens with one attached hydrogen (secondary N) is 2. The molecule has 2 N–H and O–H groups in total. The maximum absolute atomic E-state index is 13.2. The van der Waals surface area contributed by atoms with Gasteiger partial charge in [0.2, 0.25) is 0 Å². The average Bonchev–Trinajstić information content (AvgIpc) is 3.41. The van der Waals surface area contributed by atoms with Gasteiger partial charge in [0, 0.05) is 17.8 Å². The molecule has 0 spiro atoms. The Bertz CT molecular complexity index is 1160. The minimum absolute atomic E-state index is 0.0371. The van der Waals surface area contributed by atoms with Crippen molar-refractivity contribution >= 4 is 16.9 Å². The van der Waals surface area contributed by atoms with Gasteiger partial charge in [-0.25, -0.2) is 9.97 Å². The first-order valence-corrected chi connectivity index (χ1v) is 8.98. The van der Waals surface area contributed by atoms with E-state index in [9.17, 15) is 4.79 Å². The molecule has 5 rings (SSSR count). The lowest BCUT2D eigenvalue weighted by Crippen LogP contribution is -2.39. The highest BCUT2D eigenvalue weighted by Gasteiger charge is 2.32. The molecule has 8 heteroatoms. The van der Waals surface area contributed by atoms with E-state index in [-0.39, 0.29) is 11.8 Å². The summed E-state index contributed by atoms with van der Waals surface area (Å²) in [5, 5.41) is 7.66. The molecule has 0 fully saturated rings. The summed E-state index contributed by atoms with van der Waals surface area (Å²) in [6.45, 7) is 0.990. The number of hydrogen-bond donors (Lipinski definition) is 2. The zero-order valence-corrected chi connectivity index (χ0v) is 15.2. The number of carbonyl (C=O) groups is 1. The molecule has 140 valence electrons. The number of nitrogens with zero attached hydrogens (tertiary/aromatic N) is 4. The van der Waals surface area contributed by atoms with Crippen LogP contribution in [-0.2, 0) is 6.54 Å². The second-order valence-corrected chi connectivity index (χ2v) is 6.79. The molecule has 1 atom stereocenters. The van der Waals surface area contributed by atoms with Crippen LogP contribution in [0.1, 0.15) is 33.4 Å². The lowest BCUT2D eigenvalue weighted by Gasteiger charge is -2.32. The summed E-state index contributed by atoms with van der Waals surface area (Å²) in [7, 11) is 1.65. The third kappa shape index (κ3) is 2.70. The van der Waals surface area contributed by atoms with Gasteiger partial charge in [-0.1, -0.05) is 12.1 Å². The number of carbonyl (C=O) groups excluding carboxylic acids is 1. The van der Waals surface area contributed by atoms with Gasteiger partial charge in [-0.05, 0) is 29.8 Å². The monoisotopic (exact) mass is 374 g/mol. The second kappa shape index (κ2) is 6.49. The highest BCUT2D eigenvalue weighted by molar-refractivity contribution is 5.94. The summed E-state index contributed by atoms with van der Waals surface area (Å²) in [6, 6.07) is 11.5. The minimum atomic E-state index is -0.121. The molecule has 0 radical (unpaired) electrons. The molecule has 4 aromatic rings. The number of aromatic amines is 2. The van der Waals surface area contributed by atoms with Crippen molar-refractivity contribution in [2.45, 2.75) is 12.5 Å². The van der Waals surface area contributed by atoms with Crippen LogP contribution in [-0.4, -0.2) is 49.6 Å². The number of hydrogen-bond acceptors (Lipinski definition) is 5. The molecule has 1 unspecified atom stereocenters. The molecule has 0 bridgehead atoms. The molecule has 1 amide bonds. The van der Waals surface area contributed by atoms with E-state index in [0.29, 0.717) is 24.4 Å². The molecule has 3 aromatic heterocycles. The predicted octanol–water partition coefficient (Wildman–Crippen LogP) is 2.48. The van der Waals surface area contributed by atoms with E-state index in [1.807, 2.05) is 30.3 Å². The average molecular weight is 374 g/mol. The number of rotatable bonds is 3. The smallest absolute Gasteiger partial charge is 0.272 e. The Labute approximate surface area is 160 Å². The van der Waals surface area contributed by atoms with E-state index in [2.05, 4.69) is 25.1 Å². The van der Waals surface area contributed by atoms with E-state index in [4.69, 9.17) is 4.74 Å². The van der Waals surface area contributed by atoms with Crippen molar-refractivity contribution in [3.8, 4) is 5.75 Å². The molecule has 1 aromatic carbocycles.